The predicted molar refractivity (Wildman–Crippen MR) is 75.6 cm³/mol. The van der Waals surface area contributed by atoms with Crippen LogP contribution in [0.3, 0.4) is 0 Å². The number of hydrogen-bond acceptors (Lipinski definition) is 4. The van der Waals surface area contributed by atoms with Crippen LogP contribution >= 0.6 is 11.8 Å². The summed E-state index contributed by atoms with van der Waals surface area (Å²) in [5, 5.41) is 9.16. The van der Waals surface area contributed by atoms with Gasteiger partial charge in [0.2, 0.25) is 0 Å². The van der Waals surface area contributed by atoms with Crippen LogP contribution in [-0.4, -0.2) is 27.0 Å². The van der Waals surface area contributed by atoms with Gasteiger partial charge in [0.05, 0.1) is 6.61 Å². The molecule has 3 aromatic rings. The van der Waals surface area contributed by atoms with Crippen molar-refractivity contribution < 1.29 is 4.74 Å². The molecule has 0 radical (unpaired) electrons. The van der Waals surface area contributed by atoms with Crippen molar-refractivity contribution in [2.24, 2.45) is 0 Å². The number of fused-ring (bicyclic) bond motifs is 1. The summed E-state index contributed by atoms with van der Waals surface area (Å²) < 4.78 is 7.62. The normalized spacial score (nSPS) is 10.7. The first-order valence-electron chi connectivity index (χ1n) is 6.04. The molecule has 3 rings (SSSR count). The summed E-state index contributed by atoms with van der Waals surface area (Å²) in [6, 6.07) is 15.7. The number of pyridine rings is 1. The van der Waals surface area contributed by atoms with Crippen LogP contribution < -0.4 is 4.74 Å². The Balaban J connectivity index is 1.55. The first-order chi connectivity index (χ1) is 9.43. The lowest BCUT2D eigenvalue weighted by atomic mass is 10.3. The molecule has 0 saturated heterocycles. The van der Waals surface area contributed by atoms with Crippen molar-refractivity contribution in [2.45, 2.75) is 5.16 Å². The number of rotatable bonds is 5. The summed E-state index contributed by atoms with van der Waals surface area (Å²) in [5.41, 5.74) is 0.869. The van der Waals surface area contributed by atoms with Gasteiger partial charge in [-0.15, -0.1) is 10.2 Å². The van der Waals surface area contributed by atoms with Crippen LogP contribution in [0.5, 0.6) is 5.75 Å². The lowest BCUT2D eigenvalue weighted by Gasteiger charge is -2.04. The van der Waals surface area contributed by atoms with Crippen LogP contribution in [0.15, 0.2) is 59.9 Å². The summed E-state index contributed by atoms with van der Waals surface area (Å²) in [6.07, 6.45) is 1.97. The molecule has 96 valence electrons. The fourth-order valence-electron chi connectivity index (χ4n) is 1.73. The van der Waals surface area contributed by atoms with E-state index in [4.69, 9.17) is 4.74 Å². The third kappa shape index (κ3) is 2.88. The SMILES string of the molecule is c1ccc(OCCSc2nnc3ccccn23)cc1. The monoisotopic (exact) mass is 271 g/mol. The molecule has 2 aromatic heterocycles. The van der Waals surface area contributed by atoms with E-state index in [9.17, 15) is 0 Å². The summed E-state index contributed by atoms with van der Waals surface area (Å²) in [5.74, 6) is 1.74. The topological polar surface area (TPSA) is 39.4 Å². The van der Waals surface area contributed by atoms with Gasteiger partial charge in [0.1, 0.15) is 5.75 Å². The molecule has 0 saturated carbocycles. The van der Waals surface area contributed by atoms with E-state index in [-0.39, 0.29) is 0 Å². The molecular weight excluding hydrogens is 258 g/mol. The second kappa shape index (κ2) is 5.75. The van der Waals surface area contributed by atoms with Crippen molar-refractivity contribution in [1.82, 2.24) is 14.6 Å². The van der Waals surface area contributed by atoms with Crippen molar-refractivity contribution in [3.8, 4) is 5.75 Å². The first kappa shape index (κ1) is 12.0. The highest BCUT2D eigenvalue weighted by atomic mass is 32.2. The third-order valence-electron chi connectivity index (χ3n) is 2.61. The van der Waals surface area contributed by atoms with Crippen molar-refractivity contribution >= 4 is 17.4 Å². The molecule has 4 nitrogen and oxygen atoms in total. The molecule has 0 atom stereocenters. The molecule has 1 aromatic carbocycles. The summed E-state index contributed by atoms with van der Waals surface area (Å²) in [7, 11) is 0. The fourth-order valence-corrected chi connectivity index (χ4v) is 2.47. The van der Waals surface area contributed by atoms with E-state index in [1.807, 2.05) is 59.1 Å². The van der Waals surface area contributed by atoms with Gasteiger partial charge in [0.25, 0.3) is 0 Å². The highest BCUT2D eigenvalue weighted by molar-refractivity contribution is 7.99. The Morgan fingerprint density at radius 3 is 2.74 bits per heavy atom. The maximum atomic E-state index is 5.64. The maximum absolute atomic E-state index is 5.64. The molecule has 2 heterocycles. The summed E-state index contributed by atoms with van der Waals surface area (Å²) in [6.45, 7) is 0.649. The lowest BCUT2D eigenvalue weighted by Crippen LogP contribution is -2.00. The van der Waals surface area contributed by atoms with Gasteiger partial charge in [-0.05, 0) is 24.3 Å². The molecule has 0 aliphatic heterocycles. The average molecular weight is 271 g/mol. The number of thioether (sulfide) groups is 1. The van der Waals surface area contributed by atoms with Crippen molar-refractivity contribution in [2.75, 3.05) is 12.4 Å². The van der Waals surface area contributed by atoms with Crippen LogP contribution in [0.25, 0.3) is 5.65 Å². The Bertz CT molecular complexity index is 654. The highest BCUT2D eigenvalue weighted by Crippen LogP contribution is 2.17. The number of para-hydroxylation sites is 1. The molecule has 0 unspecified atom stereocenters. The van der Waals surface area contributed by atoms with Gasteiger partial charge in [0.15, 0.2) is 10.8 Å². The van der Waals surface area contributed by atoms with Crippen LogP contribution in [-0.2, 0) is 0 Å². The number of benzene rings is 1. The van der Waals surface area contributed by atoms with E-state index in [0.29, 0.717) is 6.61 Å². The first-order valence-corrected chi connectivity index (χ1v) is 7.02. The molecule has 0 spiro atoms. The average Bonchev–Trinajstić information content (AvgIpc) is 2.88. The number of ether oxygens (including phenoxy) is 1. The second-order valence-electron chi connectivity index (χ2n) is 3.92. The minimum atomic E-state index is 0.649. The molecule has 5 heteroatoms. The standard InChI is InChI=1S/C14H13N3OS/c1-2-6-12(7-3-1)18-10-11-19-14-16-15-13-8-4-5-9-17(13)14/h1-9H,10-11H2. The molecule has 0 fully saturated rings. The van der Waals surface area contributed by atoms with Crippen LogP contribution in [0.4, 0.5) is 0 Å². The van der Waals surface area contributed by atoms with Gasteiger partial charge in [-0.2, -0.15) is 0 Å². The molecule has 0 N–H and O–H groups in total. The van der Waals surface area contributed by atoms with Gasteiger partial charge in [-0.1, -0.05) is 36.0 Å². The number of aromatic nitrogens is 3. The number of nitrogens with zero attached hydrogens (tertiary/aromatic N) is 3. The largest absolute Gasteiger partial charge is 0.493 e. The molecular formula is C14H13N3OS. The van der Waals surface area contributed by atoms with Gasteiger partial charge in [-0.25, -0.2) is 0 Å². The van der Waals surface area contributed by atoms with Crippen molar-refractivity contribution in [1.29, 1.82) is 0 Å². The van der Waals surface area contributed by atoms with E-state index in [2.05, 4.69) is 10.2 Å². The quantitative estimate of drug-likeness (QED) is 0.528. The van der Waals surface area contributed by atoms with Crippen molar-refractivity contribution in [3.63, 3.8) is 0 Å². The zero-order valence-electron chi connectivity index (χ0n) is 10.3. The molecule has 0 aliphatic carbocycles. The predicted octanol–water partition coefficient (Wildman–Crippen LogP) is 2.90. The van der Waals surface area contributed by atoms with E-state index >= 15 is 0 Å². The zero-order valence-corrected chi connectivity index (χ0v) is 11.1. The maximum Gasteiger partial charge on any atom is 0.195 e. The van der Waals surface area contributed by atoms with Gasteiger partial charge < -0.3 is 4.74 Å². The Morgan fingerprint density at radius 2 is 1.84 bits per heavy atom. The van der Waals surface area contributed by atoms with Gasteiger partial charge in [0, 0.05) is 11.9 Å². The second-order valence-corrected chi connectivity index (χ2v) is 4.98. The van der Waals surface area contributed by atoms with E-state index in [0.717, 1.165) is 22.3 Å². The van der Waals surface area contributed by atoms with E-state index in [1.165, 1.54) is 0 Å². The minimum Gasteiger partial charge on any atom is -0.493 e. The smallest absolute Gasteiger partial charge is 0.195 e. The van der Waals surface area contributed by atoms with E-state index < -0.39 is 0 Å². The Labute approximate surface area is 115 Å². The number of hydrogen-bond donors (Lipinski definition) is 0. The molecule has 0 amide bonds. The molecule has 19 heavy (non-hydrogen) atoms. The zero-order chi connectivity index (χ0) is 12.9. The summed E-state index contributed by atoms with van der Waals surface area (Å²) >= 11 is 1.64. The Hall–Kier alpha value is -2.01. The Kier molecular flexibility index (Phi) is 3.65. The van der Waals surface area contributed by atoms with Crippen LogP contribution in [0, 0.1) is 0 Å². The summed E-state index contributed by atoms with van der Waals surface area (Å²) in [4.78, 5) is 0. The fraction of sp³-hybridized carbons (Fsp3) is 0.143. The van der Waals surface area contributed by atoms with E-state index in [1.54, 1.807) is 11.8 Å². The van der Waals surface area contributed by atoms with Crippen LogP contribution in [0.2, 0.25) is 0 Å². The highest BCUT2D eigenvalue weighted by Gasteiger charge is 2.04. The Morgan fingerprint density at radius 1 is 1.00 bits per heavy atom. The van der Waals surface area contributed by atoms with Gasteiger partial charge in [-0.3, -0.25) is 4.40 Å². The molecule has 0 bridgehead atoms. The van der Waals surface area contributed by atoms with Crippen LogP contribution in [0.1, 0.15) is 0 Å². The lowest BCUT2D eigenvalue weighted by molar-refractivity contribution is 0.344. The van der Waals surface area contributed by atoms with Gasteiger partial charge >= 0.3 is 0 Å². The minimum absolute atomic E-state index is 0.649. The molecule has 0 aliphatic rings. The third-order valence-corrected chi connectivity index (χ3v) is 3.52. The van der Waals surface area contributed by atoms with Crippen molar-refractivity contribution in [3.05, 3.63) is 54.7 Å².